The zero-order chi connectivity index (χ0) is 14.4. The van der Waals surface area contributed by atoms with Crippen LogP contribution < -0.4 is 10.6 Å². The lowest BCUT2D eigenvalue weighted by Gasteiger charge is -2.32. The molecule has 1 heterocycles. The van der Waals surface area contributed by atoms with E-state index in [-0.39, 0.29) is 18.2 Å². The van der Waals surface area contributed by atoms with E-state index < -0.39 is 0 Å². The first-order valence-electron chi connectivity index (χ1n) is 7.65. The third kappa shape index (κ3) is 4.28. The van der Waals surface area contributed by atoms with Crippen molar-refractivity contribution in [3.63, 3.8) is 0 Å². The number of hydrogen-bond donors (Lipinski definition) is 2. The van der Waals surface area contributed by atoms with Gasteiger partial charge in [0.2, 0.25) is 0 Å². The maximum atomic E-state index is 11.7. The maximum Gasteiger partial charge on any atom is 0.409 e. The highest BCUT2D eigenvalue weighted by atomic mass is 16.6. The lowest BCUT2D eigenvalue weighted by molar-refractivity contribution is 0.0957. The molecule has 0 aromatic rings. The first-order chi connectivity index (χ1) is 9.69. The van der Waals surface area contributed by atoms with Crippen molar-refractivity contribution in [3.05, 3.63) is 0 Å². The van der Waals surface area contributed by atoms with Crippen LogP contribution in [0.1, 0.15) is 39.0 Å². The number of piperidine rings is 1. The molecule has 114 valence electrons. The summed E-state index contributed by atoms with van der Waals surface area (Å²) in [6.45, 7) is 4.28. The van der Waals surface area contributed by atoms with Gasteiger partial charge >= 0.3 is 12.1 Å². The number of nitrogens with one attached hydrogen (secondary N) is 2. The summed E-state index contributed by atoms with van der Waals surface area (Å²) in [7, 11) is 0. The van der Waals surface area contributed by atoms with E-state index >= 15 is 0 Å². The van der Waals surface area contributed by atoms with Gasteiger partial charge in [-0.3, -0.25) is 0 Å². The van der Waals surface area contributed by atoms with E-state index in [1.54, 1.807) is 11.8 Å². The molecule has 0 unspecified atom stereocenters. The normalized spacial score (nSPS) is 20.1. The number of urea groups is 1. The lowest BCUT2D eigenvalue weighted by Crippen LogP contribution is -2.50. The van der Waals surface area contributed by atoms with Crippen molar-refractivity contribution in [1.29, 1.82) is 0 Å². The van der Waals surface area contributed by atoms with E-state index in [1.165, 1.54) is 19.3 Å². The first-order valence-corrected chi connectivity index (χ1v) is 7.65. The largest absolute Gasteiger partial charge is 0.450 e. The highest BCUT2D eigenvalue weighted by Crippen LogP contribution is 2.25. The fourth-order valence-electron chi connectivity index (χ4n) is 2.59. The highest BCUT2D eigenvalue weighted by molar-refractivity contribution is 5.74. The molecule has 1 saturated heterocycles. The molecule has 0 aromatic heterocycles. The maximum absolute atomic E-state index is 11.7. The SMILES string of the molecule is CCOC(=O)N1CCC(NC(=O)NCC2CCC2)CC1. The van der Waals surface area contributed by atoms with Crippen LogP contribution in [0.2, 0.25) is 0 Å². The van der Waals surface area contributed by atoms with E-state index in [9.17, 15) is 9.59 Å². The predicted molar refractivity (Wildman–Crippen MR) is 75.5 cm³/mol. The van der Waals surface area contributed by atoms with Gasteiger partial charge < -0.3 is 20.3 Å². The van der Waals surface area contributed by atoms with Crippen molar-refractivity contribution >= 4 is 12.1 Å². The van der Waals surface area contributed by atoms with Crippen LogP contribution in [-0.4, -0.2) is 49.3 Å². The molecule has 2 fully saturated rings. The van der Waals surface area contributed by atoms with Crippen molar-refractivity contribution in [3.8, 4) is 0 Å². The first kappa shape index (κ1) is 14.9. The van der Waals surface area contributed by atoms with Crippen molar-refractivity contribution in [2.75, 3.05) is 26.2 Å². The molecule has 0 spiro atoms. The van der Waals surface area contributed by atoms with Gasteiger partial charge in [-0.25, -0.2) is 9.59 Å². The minimum Gasteiger partial charge on any atom is -0.450 e. The minimum atomic E-state index is -0.250. The summed E-state index contributed by atoms with van der Waals surface area (Å²) in [4.78, 5) is 25.0. The molecule has 0 atom stereocenters. The van der Waals surface area contributed by atoms with Crippen LogP contribution in [0.25, 0.3) is 0 Å². The fraction of sp³-hybridized carbons (Fsp3) is 0.857. The number of carbonyl (C=O) groups excluding carboxylic acids is 2. The molecule has 1 aliphatic carbocycles. The Morgan fingerprint density at radius 3 is 2.45 bits per heavy atom. The Hall–Kier alpha value is -1.46. The molecular weight excluding hydrogens is 258 g/mol. The summed E-state index contributed by atoms with van der Waals surface area (Å²) in [5.74, 6) is 0.673. The molecule has 3 amide bonds. The third-order valence-corrected chi connectivity index (χ3v) is 4.13. The zero-order valence-corrected chi connectivity index (χ0v) is 12.2. The average Bonchev–Trinajstić information content (AvgIpc) is 2.38. The van der Waals surface area contributed by atoms with Gasteiger partial charge in [-0.2, -0.15) is 0 Å². The molecule has 6 heteroatoms. The van der Waals surface area contributed by atoms with Crippen LogP contribution in [0.15, 0.2) is 0 Å². The molecule has 1 saturated carbocycles. The van der Waals surface area contributed by atoms with Gasteiger partial charge in [-0.1, -0.05) is 6.42 Å². The molecule has 2 N–H and O–H groups in total. The lowest BCUT2D eigenvalue weighted by atomic mass is 9.85. The Labute approximate surface area is 120 Å². The molecule has 6 nitrogen and oxygen atoms in total. The smallest absolute Gasteiger partial charge is 0.409 e. The van der Waals surface area contributed by atoms with E-state index in [1.807, 2.05) is 0 Å². The number of ether oxygens (including phenoxy) is 1. The molecular formula is C14H25N3O3. The Morgan fingerprint density at radius 2 is 1.90 bits per heavy atom. The summed E-state index contributed by atoms with van der Waals surface area (Å²) in [6, 6.07) is 0.0774. The average molecular weight is 283 g/mol. The fourth-order valence-corrected chi connectivity index (χ4v) is 2.59. The molecule has 0 bridgehead atoms. The van der Waals surface area contributed by atoms with Crippen LogP contribution in [0.4, 0.5) is 9.59 Å². The zero-order valence-electron chi connectivity index (χ0n) is 12.2. The van der Waals surface area contributed by atoms with Gasteiger partial charge in [-0.15, -0.1) is 0 Å². The van der Waals surface area contributed by atoms with Crippen molar-refractivity contribution in [1.82, 2.24) is 15.5 Å². The standard InChI is InChI=1S/C14H25N3O3/c1-2-20-14(19)17-8-6-12(7-9-17)16-13(18)15-10-11-4-3-5-11/h11-12H,2-10H2,1H3,(H2,15,16,18). The number of carbonyl (C=O) groups is 2. The summed E-state index contributed by atoms with van der Waals surface area (Å²) in [5.41, 5.74) is 0. The van der Waals surface area contributed by atoms with E-state index in [0.717, 1.165) is 19.4 Å². The highest BCUT2D eigenvalue weighted by Gasteiger charge is 2.25. The number of hydrogen-bond acceptors (Lipinski definition) is 3. The third-order valence-electron chi connectivity index (χ3n) is 4.13. The monoisotopic (exact) mass is 283 g/mol. The van der Waals surface area contributed by atoms with Gasteiger partial charge in [-0.05, 0) is 38.5 Å². The van der Waals surface area contributed by atoms with Crippen molar-refractivity contribution < 1.29 is 14.3 Å². The second-order valence-electron chi connectivity index (χ2n) is 5.61. The summed E-state index contributed by atoms with van der Waals surface area (Å²) < 4.78 is 4.97. The molecule has 0 radical (unpaired) electrons. The molecule has 20 heavy (non-hydrogen) atoms. The van der Waals surface area contributed by atoms with Gasteiger partial charge in [0.05, 0.1) is 6.61 Å². The van der Waals surface area contributed by atoms with Gasteiger partial charge in [0.25, 0.3) is 0 Å². The number of amides is 3. The molecule has 0 aromatic carbocycles. The van der Waals surface area contributed by atoms with Gasteiger partial charge in [0, 0.05) is 25.7 Å². The van der Waals surface area contributed by atoms with Crippen LogP contribution in [-0.2, 0) is 4.74 Å². The van der Waals surface area contributed by atoms with E-state index in [2.05, 4.69) is 10.6 Å². The van der Waals surface area contributed by atoms with Gasteiger partial charge in [0.15, 0.2) is 0 Å². The van der Waals surface area contributed by atoms with E-state index in [4.69, 9.17) is 4.74 Å². The number of rotatable bonds is 4. The molecule has 2 rings (SSSR count). The Balaban J connectivity index is 1.60. The van der Waals surface area contributed by atoms with Crippen molar-refractivity contribution in [2.45, 2.75) is 45.1 Å². The van der Waals surface area contributed by atoms with Crippen molar-refractivity contribution in [2.24, 2.45) is 5.92 Å². The summed E-state index contributed by atoms with van der Waals surface area (Å²) in [6.07, 6.45) is 5.09. The molecule has 1 aliphatic heterocycles. The predicted octanol–water partition coefficient (Wildman–Crippen LogP) is 1.71. The Morgan fingerprint density at radius 1 is 1.20 bits per heavy atom. The Kier molecular flexibility index (Phi) is 5.49. The second-order valence-corrected chi connectivity index (χ2v) is 5.61. The van der Waals surface area contributed by atoms with E-state index in [0.29, 0.717) is 25.6 Å². The van der Waals surface area contributed by atoms with Crippen LogP contribution in [0.3, 0.4) is 0 Å². The summed E-state index contributed by atoms with van der Waals surface area (Å²) >= 11 is 0. The number of nitrogens with zero attached hydrogens (tertiary/aromatic N) is 1. The van der Waals surface area contributed by atoms with Gasteiger partial charge in [0.1, 0.15) is 0 Å². The summed E-state index contributed by atoms with van der Waals surface area (Å²) in [5, 5.41) is 5.92. The van der Waals surface area contributed by atoms with Crippen LogP contribution in [0.5, 0.6) is 0 Å². The van der Waals surface area contributed by atoms with Crippen LogP contribution in [0, 0.1) is 5.92 Å². The minimum absolute atomic E-state index is 0.0773. The van der Waals surface area contributed by atoms with Crippen LogP contribution >= 0.6 is 0 Å². The topological polar surface area (TPSA) is 70.7 Å². The quantitative estimate of drug-likeness (QED) is 0.825. The number of likely N-dealkylation sites (tertiary alicyclic amines) is 1. The Bertz CT molecular complexity index is 337. The second kappa shape index (κ2) is 7.36. The molecule has 2 aliphatic rings.